The Hall–Kier alpha value is -2.43. The average Bonchev–Trinajstić information content (AvgIpc) is 2.38. The normalized spacial score (nSPS) is 10.1. The molecule has 1 aromatic heterocycles. The van der Waals surface area contributed by atoms with Crippen LogP contribution in [0.4, 0.5) is 5.82 Å². The highest BCUT2D eigenvalue weighted by Crippen LogP contribution is 2.23. The zero-order valence-electron chi connectivity index (χ0n) is 11.1. The molecule has 0 unspecified atom stereocenters. The van der Waals surface area contributed by atoms with Crippen molar-refractivity contribution in [3.63, 3.8) is 0 Å². The fourth-order valence-electron chi connectivity index (χ4n) is 1.75. The molecule has 1 amide bonds. The fourth-order valence-corrected chi connectivity index (χ4v) is 1.75. The van der Waals surface area contributed by atoms with Crippen LogP contribution in [0, 0.1) is 6.92 Å². The van der Waals surface area contributed by atoms with E-state index in [9.17, 15) is 4.79 Å². The summed E-state index contributed by atoms with van der Waals surface area (Å²) in [5.41, 5.74) is 2.51. The number of aromatic nitrogens is 2. The molecule has 0 aliphatic heterocycles. The number of ether oxygens (including phenoxy) is 1. The summed E-state index contributed by atoms with van der Waals surface area (Å²) in [4.78, 5) is 19.6. The van der Waals surface area contributed by atoms with Gasteiger partial charge in [0.1, 0.15) is 5.75 Å². The first-order chi connectivity index (χ1) is 9.10. The van der Waals surface area contributed by atoms with Gasteiger partial charge in [-0.1, -0.05) is 0 Å². The largest absolute Gasteiger partial charge is 0.497 e. The zero-order chi connectivity index (χ0) is 13.8. The van der Waals surface area contributed by atoms with Crippen molar-refractivity contribution < 1.29 is 9.53 Å². The quantitative estimate of drug-likeness (QED) is 0.917. The number of hydrogen-bond donors (Lipinski definition) is 1. The van der Waals surface area contributed by atoms with E-state index in [2.05, 4.69) is 15.3 Å². The lowest BCUT2D eigenvalue weighted by atomic mass is 10.1. The van der Waals surface area contributed by atoms with Crippen molar-refractivity contribution in [3.05, 3.63) is 36.2 Å². The summed E-state index contributed by atoms with van der Waals surface area (Å²) in [6.45, 7) is 3.30. The Labute approximate surface area is 111 Å². The van der Waals surface area contributed by atoms with Gasteiger partial charge >= 0.3 is 0 Å². The Morgan fingerprint density at radius 1 is 1.26 bits per heavy atom. The molecule has 0 aliphatic rings. The van der Waals surface area contributed by atoms with Crippen LogP contribution in [0.3, 0.4) is 0 Å². The highest BCUT2D eigenvalue weighted by atomic mass is 16.5. The van der Waals surface area contributed by atoms with Crippen LogP contribution in [-0.2, 0) is 4.79 Å². The number of carbonyl (C=O) groups excluding carboxylic acids is 1. The maximum Gasteiger partial charge on any atom is 0.222 e. The third-order valence-corrected chi connectivity index (χ3v) is 2.61. The van der Waals surface area contributed by atoms with Crippen LogP contribution in [-0.4, -0.2) is 23.0 Å². The molecule has 1 N–H and O–H groups in total. The van der Waals surface area contributed by atoms with Crippen molar-refractivity contribution in [2.45, 2.75) is 13.8 Å². The lowest BCUT2D eigenvalue weighted by molar-refractivity contribution is -0.114. The second-order valence-corrected chi connectivity index (χ2v) is 4.10. The van der Waals surface area contributed by atoms with Gasteiger partial charge in [-0.2, -0.15) is 0 Å². The van der Waals surface area contributed by atoms with E-state index in [0.717, 1.165) is 22.7 Å². The molecule has 0 bridgehead atoms. The molecule has 1 heterocycles. The van der Waals surface area contributed by atoms with Crippen molar-refractivity contribution in [1.82, 2.24) is 9.97 Å². The number of rotatable bonds is 3. The van der Waals surface area contributed by atoms with E-state index in [0.29, 0.717) is 5.82 Å². The molecule has 2 aromatic rings. The van der Waals surface area contributed by atoms with E-state index in [1.807, 2.05) is 31.2 Å². The van der Waals surface area contributed by atoms with Gasteiger partial charge in [0.25, 0.3) is 0 Å². The highest BCUT2D eigenvalue weighted by molar-refractivity contribution is 5.87. The molecule has 0 atom stereocenters. The van der Waals surface area contributed by atoms with E-state index in [1.165, 1.54) is 6.92 Å². The minimum absolute atomic E-state index is 0.161. The fraction of sp³-hybridized carbons (Fsp3) is 0.214. The summed E-state index contributed by atoms with van der Waals surface area (Å²) in [5.74, 6) is 1.09. The van der Waals surface area contributed by atoms with Crippen LogP contribution in [0.15, 0.2) is 30.5 Å². The molecule has 0 spiro atoms. The number of anilines is 1. The molecular formula is C14H15N3O2. The van der Waals surface area contributed by atoms with Gasteiger partial charge in [-0.25, -0.2) is 4.98 Å². The van der Waals surface area contributed by atoms with Crippen molar-refractivity contribution in [2.75, 3.05) is 12.4 Å². The Kier molecular flexibility index (Phi) is 3.75. The first kappa shape index (κ1) is 13.0. The van der Waals surface area contributed by atoms with Gasteiger partial charge in [-0.15, -0.1) is 0 Å². The van der Waals surface area contributed by atoms with Crippen LogP contribution in [0.1, 0.15) is 12.6 Å². The maximum absolute atomic E-state index is 11.0. The number of amides is 1. The standard InChI is InChI=1S/C14H15N3O2/c1-9-14(11-4-6-12(19-3)7-5-11)15-8-13(16-9)17-10(2)18/h4-8H,1-3H3,(H,16,17,18). The number of methoxy groups -OCH3 is 1. The van der Waals surface area contributed by atoms with E-state index in [1.54, 1.807) is 13.3 Å². The summed E-state index contributed by atoms with van der Waals surface area (Å²) < 4.78 is 5.11. The lowest BCUT2D eigenvalue weighted by Crippen LogP contribution is -2.08. The molecule has 98 valence electrons. The van der Waals surface area contributed by atoms with Gasteiger partial charge in [0.2, 0.25) is 5.91 Å². The topological polar surface area (TPSA) is 64.1 Å². The van der Waals surface area contributed by atoms with Crippen LogP contribution in [0.25, 0.3) is 11.3 Å². The number of nitrogens with zero attached hydrogens (tertiary/aromatic N) is 2. The van der Waals surface area contributed by atoms with Crippen LogP contribution < -0.4 is 10.1 Å². The van der Waals surface area contributed by atoms with Crippen molar-refractivity contribution in [2.24, 2.45) is 0 Å². The molecular weight excluding hydrogens is 242 g/mol. The first-order valence-corrected chi connectivity index (χ1v) is 5.86. The van der Waals surface area contributed by atoms with Gasteiger partial charge in [0, 0.05) is 12.5 Å². The zero-order valence-corrected chi connectivity index (χ0v) is 11.1. The number of aryl methyl sites for hydroxylation is 1. The Bertz CT molecular complexity index is 594. The molecule has 0 fully saturated rings. The van der Waals surface area contributed by atoms with Crippen LogP contribution >= 0.6 is 0 Å². The summed E-state index contributed by atoms with van der Waals surface area (Å²) in [6, 6.07) is 7.60. The van der Waals surface area contributed by atoms with Crippen molar-refractivity contribution in [1.29, 1.82) is 0 Å². The van der Waals surface area contributed by atoms with Gasteiger partial charge in [0.05, 0.1) is 24.7 Å². The minimum atomic E-state index is -0.161. The van der Waals surface area contributed by atoms with Gasteiger partial charge in [-0.05, 0) is 31.2 Å². The molecule has 0 saturated heterocycles. The van der Waals surface area contributed by atoms with E-state index < -0.39 is 0 Å². The second kappa shape index (κ2) is 5.48. The second-order valence-electron chi connectivity index (χ2n) is 4.10. The first-order valence-electron chi connectivity index (χ1n) is 5.86. The molecule has 0 saturated carbocycles. The van der Waals surface area contributed by atoms with Crippen LogP contribution in [0.2, 0.25) is 0 Å². The smallest absolute Gasteiger partial charge is 0.222 e. The highest BCUT2D eigenvalue weighted by Gasteiger charge is 2.07. The Morgan fingerprint density at radius 2 is 1.95 bits per heavy atom. The van der Waals surface area contributed by atoms with Gasteiger partial charge in [0.15, 0.2) is 5.82 Å². The third-order valence-electron chi connectivity index (χ3n) is 2.61. The third kappa shape index (κ3) is 3.07. The maximum atomic E-state index is 11.0. The lowest BCUT2D eigenvalue weighted by Gasteiger charge is -2.08. The van der Waals surface area contributed by atoms with Gasteiger partial charge < -0.3 is 10.1 Å². The Balaban J connectivity index is 2.31. The minimum Gasteiger partial charge on any atom is -0.497 e. The molecule has 0 radical (unpaired) electrons. The summed E-state index contributed by atoms with van der Waals surface area (Å²) in [6.07, 6.45) is 1.55. The Morgan fingerprint density at radius 3 is 2.47 bits per heavy atom. The SMILES string of the molecule is COc1ccc(-c2ncc(NC(C)=O)nc2C)cc1. The van der Waals surface area contributed by atoms with Crippen LogP contribution in [0.5, 0.6) is 5.75 Å². The molecule has 1 aromatic carbocycles. The summed E-state index contributed by atoms with van der Waals surface area (Å²) in [7, 11) is 1.63. The molecule has 5 nitrogen and oxygen atoms in total. The molecule has 2 rings (SSSR count). The predicted octanol–water partition coefficient (Wildman–Crippen LogP) is 2.42. The van der Waals surface area contributed by atoms with Crippen molar-refractivity contribution in [3.8, 4) is 17.0 Å². The number of hydrogen-bond acceptors (Lipinski definition) is 4. The summed E-state index contributed by atoms with van der Waals surface area (Å²) >= 11 is 0. The van der Waals surface area contributed by atoms with E-state index >= 15 is 0 Å². The van der Waals surface area contributed by atoms with Crippen molar-refractivity contribution >= 4 is 11.7 Å². The average molecular weight is 257 g/mol. The van der Waals surface area contributed by atoms with Gasteiger partial charge in [-0.3, -0.25) is 9.78 Å². The number of carbonyl (C=O) groups is 1. The van der Waals surface area contributed by atoms with E-state index in [4.69, 9.17) is 4.74 Å². The summed E-state index contributed by atoms with van der Waals surface area (Å²) in [5, 5.41) is 2.61. The van der Waals surface area contributed by atoms with E-state index in [-0.39, 0.29) is 5.91 Å². The molecule has 5 heteroatoms. The molecule has 0 aliphatic carbocycles. The number of benzene rings is 1. The number of nitrogens with one attached hydrogen (secondary N) is 1. The predicted molar refractivity (Wildman–Crippen MR) is 73.1 cm³/mol. The monoisotopic (exact) mass is 257 g/mol. The molecule has 19 heavy (non-hydrogen) atoms.